The van der Waals surface area contributed by atoms with Gasteiger partial charge in [-0.2, -0.15) is 0 Å². The molecule has 0 radical (unpaired) electrons. The molecule has 19 heavy (non-hydrogen) atoms. The SMILES string of the molecule is C=CCC1=NCC[N+]1(Cc1ccccc1)C(C)O.[Cl-]. The molecule has 0 fully saturated rings. The summed E-state index contributed by atoms with van der Waals surface area (Å²) in [5.74, 6) is 1.05. The van der Waals surface area contributed by atoms with Crippen molar-refractivity contribution in [3.8, 4) is 0 Å². The van der Waals surface area contributed by atoms with Crippen molar-refractivity contribution in [3.63, 3.8) is 0 Å². The van der Waals surface area contributed by atoms with E-state index in [1.54, 1.807) is 0 Å². The van der Waals surface area contributed by atoms with Crippen LogP contribution in [0.25, 0.3) is 0 Å². The summed E-state index contributed by atoms with van der Waals surface area (Å²) in [6.07, 6.45) is 2.17. The van der Waals surface area contributed by atoms with Gasteiger partial charge in [-0.25, -0.2) is 9.48 Å². The first kappa shape index (κ1) is 15.9. The van der Waals surface area contributed by atoms with E-state index in [-0.39, 0.29) is 12.4 Å². The molecule has 1 aromatic rings. The van der Waals surface area contributed by atoms with E-state index in [2.05, 4.69) is 23.7 Å². The lowest BCUT2D eigenvalue weighted by atomic mass is 10.1. The van der Waals surface area contributed by atoms with Gasteiger partial charge < -0.3 is 17.5 Å². The Balaban J connectivity index is 0.00000180. The fourth-order valence-electron chi connectivity index (χ4n) is 2.62. The van der Waals surface area contributed by atoms with Crippen LogP contribution in [0.2, 0.25) is 0 Å². The van der Waals surface area contributed by atoms with Gasteiger partial charge in [0, 0.05) is 12.5 Å². The van der Waals surface area contributed by atoms with Gasteiger partial charge in [0.1, 0.15) is 13.1 Å². The molecule has 3 nitrogen and oxygen atoms in total. The lowest BCUT2D eigenvalue weighted by molar-refractivity contribution is -0.896. The van der Waals surface area contributed by atoms with E-state index in [0.29, 0.717) is 4.48 Å². The molecule has 1 aliphatic rings. The molecule has 2 rings (SSSR count). The van der Waals surface area contributed by atoms with Gasteiger partial charge in [-0.1, -0.05) is 36.4 Å². The summed E-state index contributed by atoms with van der Waals surface area (Å²) in [6, 6.07) is 10.3. The van der Waals surface area contributed by atoms with E-state index >= 15 is 0 Å². The van der Waals surface area contributed by atoms with Crippen molar-refractivity contribution in [1.29, 1.82) is 0 Å². The van der Waals surface area contributed by atoms with Gasteiger partial charge in [-0.15, -0.1) is 6.58 Å². The van der Waals surface area contributed by atoms with Crippen LogP contribution < -0.4 is 12.4 Å². The lowest BCUT2D eigenvalue weighted by Crippen LogP contribution is -3.00. The normalized spacial score (nSPS) is 23.4. The Morgan fingerprint density at radius 2 is 2.11 bits per heavy atom. The average Bonchev–Trinajstić information content (AvgIpc) is 2.75. The van der Waals surface area contributed by atoms with Gasteiger partial charge in [0.25, 0.3) is 0 Å². The first-order chi connectivity index (χ1) is 8.69. The Morgan fingerprint density at radius 3 is 2.68 bits per heavy atom. The average molecular weight is 281 g/mol. The van der Waals surface area contributed by atoms with Crippen LogP contribution in [0.15, 0.2) is 48.0 Å². The number of nitrogens with zero attached hydrogens (tertiary/aromatic N) is 2. The fraction of sp³-hybridized carbons (Fsp3) is 0.400. The second-order valence-electron chi connectivity index (χ2n) is 4.82. The number of benzene rings is 1. The second-order valence-corrected chi connectivity index (χ2v) is 4.82. The predicted octanol–water partition coefficient (Wildman–Crippen LogP) is -0.666. The van der Waals surface area contributed by atoms with Crippen LogP contribution >= 0.6 is 0 Å². The molecular weight excluding hydrogens is 260 g/mol. The molecule has 104 valence electrons. The summed E-state index contributed by atoms with van der Waals surface area (Å²) in [7, 11) is 0. The molecule has 1 aromatic carbocycles. The molecule has 0 spiro atoms. The maximum Gasteiger partial charge on any atom is 0.204 e. The first-order valence-electron chi connectivity index (χ1n) is 6.42. The summed E-state index contributed by atoms with van der Waals surface area (Å²) in [5.41, 5.74) is 1.23. The standard InChI is InChI=1S/C15H21N2O.ClH/c1-3-7-15-16-10-11-17(15,13(2)18)12-14-8-5-4-6-9-14;/h3-6,8-9,13,18H,1,7,10-12H2,2H3;1H/q+1;/p-1. The maximum absolute atomic E-state index is 10.2. The van der Waals surface area contributed by atoms with Crippen LogP contribution in [-0.2, 0) is 6.54 Å². The number of hydrogen-bond acceptors (Lipinski definition) is 2. The second kappa shape index (κ2) is 6.85. The summed E-state index contributed by atoms with van der Waals surface area (Å²) < 4.78 is 0.552. The molecule has 1 N–H and O–H groups in total. The monoisotopic (exact) mass is 280 g/mol. The Hall–Kier alpha value is -1.16. The Labute approximate surface area is 121 Å². The highest BCUT2D eigenvalue weighted by Gasteiger charge is 2.41. The van der Waals surface area contributed by atoms with Crippen LogP contribution in [0.5, 0.6) is 0 Å². The van der Waals surface area contributed by atoms with Gasteiger partial charge in [0.15, 0.2) is 6.23 Å². The lowest BCUT2D eigenvalue weighted by Gasteiger charge is -2.37. The maximum atomic E-state index is 10.2. The van der Waals surface area contributed by atoms with Crippen LogP contribution in [0.4, 0.5) is 0 Å². The minimum atomic E-state index is -0.439. The summed E-state index contributed by atoms with van der Waals surface area (Å²) in [5, 5.41) is 10.2. The number of rotatable bonds is 5. The van der Waals surface area contributed by atoms with E-state index < -0.39 is 6.23 Å². The quantitative estimate of drug-likeness (QED) is 0.563. The number of aliphatic hydroxyl groups is 1. The summed E-state index contributed by atoms with van der Waals surface area (Å²) >= 11 is 0. The zero-order chi connectivity index (χ0) is 13.0. The molecule has 1 aliphatic heterocycles. The van der Waals surface area contributed by atoms with Crippen LogP contribution in [0, 0.1) is 0 Å². The third-order valence-corrected chi connectivity index (χ3v) is 3.66. The van der Waals surface area contributed by atoms with E-state index in [4.69, 9.17) is 0 Å². The molecule has 4 heteroatoms. The molecule has 0 bridgehead atoms. The van der Waals surface area contributed by atoms with E-state index in [9.17, 15) is 5.11 Å². The van der Waals surface area contributed by atoms with Gasteiger partial charge in [-0.3, -0.25) is 0 Å². The highest BCUT2D eigenvalue weighted by molar-refractivity contribution is 5.78. The third-order valence-electron chi connectivity index (χ3n) is 3.66. The smallest absolute Gasteiger partial charge is 0.204 e. The van der Waals surface area contributed by atoms with Crippen molar-refractivity contribution in [2.24, 2.45) is 4.99 Å². The molecule has 2 unspecified atom stereocenters. The summed E-state index contributed by atoms with van der Waals surface area (Å²) in [4.78, 5) is 4.55. The van der Waals surface area contributed by atoms with Crippen molar-refractivity contribution in [2.45, 2.75) is 26.1 Å². The molecule has 0 aliphatic carbocycles. The van der Waals surface area contributed by atoms with Crippen LogP contribution in [0.3, 0.4) is 0 Å². The third kappa shape index (κ3) is 3.24. The first-order valence-corrected chi connectivity index (χ1v) is 6.42. The van der Waals surface area contributed by atoms with Crippen LogP contribution in [0.1, 0.15) is 18.9 Å². The Kier molecular flexibility index (Phi) is 5.73. The minimum Gasteiger partial charge on any atom is -1.00 e. The van der Waals surface area contributed by atoms with E-state index in [0.717, 1.165) is 31.9 Å². The topological polar surface area (TPSA) is 32.6 Å². The van der Waals surface area contributed by atoms with Crippen LogP contribution in [-0.4, -0.2) is 34.7 Å². The Bertz CT molecular complexity index is 445. The number of aliphatic imine (C=N–C) groups is 1. The highest BCUT2D eigenvalue weighted by atomic mass is 35.5. The van der Waals surface area contributed by atoms with Crippen molar-refractivity contribution in [2.75, 3.05) is 13.1 Å². The predicted molar refractivity (Wildman–Crippen MR) is 74.1 cm³/mol. The van der Waals surface area contributed by atoms with Gasteiger partial charge in [-0.05, 0) is 0 Å². The van der Waals surface area contributed by atoms with E-state index in [1.165, 1.54) is 5.56 Å². The number of hydrogen-bond donors (Lipinski definition) is 1. The van der Waals surface area contributed by atoms with E-state index in [1.807, 2.05) is 31.2 Å². The number of quaternary nitrogens is 1. The molecule has 0 aromatic heterocycles. The van der Waals surface area contributed by atoms with Crippen molar-refractivity contribution in [3.05, 3.63) is 48.6 Å². The van der Waals surface area contributed by atoms with Gasteiger partial charge in [0.2, 0.25) is 5.84 Å². The zero-order valence-corrected chi connectivity index (χ0v) is 12.1. The summed E-state index contributed by atoms with van der Waals surface area (Å²) in [6.45, 7) is 8.10. The Morgan fingerprint density at radius 1 is 1.42 bits per heavy atom. The molecule has 0 amide bonds. The largest absolute Gasteiger partial charge is 1.00 e. The molecule has 1 heterocycles. The zero-order valence-electron chi connectivity index (χ0n) is 11.3. The van der Waals surface area contributed by atoms with Crippen molar-refractivity contribution >= 4 is 5.84 Å². The number of halogens is 1. The fourth-order valence-corrected chi connectivity index (χ4v) is 2.62. The minimum absolute atomic E-state index is 0. The van der Waals surface area contributed by atoms with Crippen molar-refractivity contribution in [1.82, 2.24) is 0 Å². The highest BCUT2D eigenvalue weighted by Crippen LogP contribution is 2.25. The molecule has 2 atom stereocenters. The number of amidine groups is 1. The molecule has 0 saturated carbocycles. The van der Waals surface area contributed by atoms with Gasteiger partial charge >= 0.3 is 0 Å². The van der Waals surface area contributed by atoms with Gasteiger partial charge in [0.05, 0.1) is 13.0 Å². The van der Waals surface area contributed by atoms with Crippen molar-refractivity contribution < 1.29 is 22.0 Å². The molecular formula is C15H21ClN2O. The number of aliphatic hydroxyl groups excluding tert-OH is 1. The molecule has 0 saturated heterocycles.